The number of hydrogen-bond donors (Lipinski definition) is 1. The zero-order chi connectivity index (χ0) is 26.1. The van der Waals surface area contributed by atoms with Crippen LogP contribution in [0.1, 0.15) is 58.2 Å². The van der Waals surface area contributed by atoms with Crippen LogP contribution < -0.4 is 0 Å². The van der Waals surface area contributed by atoms with Crippen LogP contribution in [-0.4, -0.2) is 38.2 Å². The van der Waals surface area contributed by atoms with Gasteiger partial charge in [0, 0.05) is 22.6 Å². The summed E-state index contributed by atoms with van der Waals surface area (Å²) in [6, 6.07) is 17.0. The van der Waals surface area contributed by atoms with E-state index in [1.807, 2.05) is 60.9 Å². The average molecular weight is 512 g/mol. The Bertz CT molecular complexity index is 1560. The number of ether oxygens (including phenoxy) is 1. The molecular formula is C28H25N5O3S. The van der Waals surface area contributed by atoms with Gasteiger partial charge in [-0.15, -0.1) is 21.5 Å². The maximum atomic E-state index is 11.8. The van der Waals surface area contributed by atoms with Crippen LogP contribution in [0.25, 0.3) is 16.1 Å². The molecule has 0 amide bonds. The molecule has 186 valence electrons. The molecule has 0 unspecified atom stereocenters. The van der Waals surface area contributed by atoms with E-state index in [9.17, 15) is 15.2 Å². The molecule has 9 heteroatoms. The van der Waals surface area contributed by atoms with Crippen LogP contribution in [-0.2, 0) is 16.1 Å². The monoisotopic (exact) mass is 511 g/mol. The zero-order valence-electron chi connectivity index (χ0n) is 20.7. The van der Waals surface area contributed by atoms with Gasteiger partial charge in [-0.3, -0.25) is 14.4 Å². The van der Waals surface area contributed by atoms with Crippen molar-refractivity contribution in [3.05, 3.63) is 87.3 Å². The lowest BCUT2D eigenvalue weighted by Crippen LogP contribution is -2.10. The molecule has 8 nitrogen and oxygen atoms in total. The number of aliphatic carboxylic acids is 1. The number of fused-ring (bicyclic) bond motifs is 3. The van der Waals surface area contributed by atoms with Gasteiger partial charge in [0.25, 0.3) is 0 Å². The molecule has 4 aromatic rings. The van der Waals surface area contributed by atoms with E-state index in [1.54, 1.807) is 17.4 Å². The summed E-state index contributed by atoms with van der Waals surface area (Å²) in [7, 11) is 0. The van der Waals surface area contributed by atoms with Crippen molar-refractivity contribution in [2.24, 2.45) is 4.99 Å². The third kappa shape index (κ3) is 4.57. The number of nitriles is 1. The van der Waals surface area contributed by atoms with Gasteiger partial charge in [0.15, 0.2) is 5.82 Å². The number of nitrogens with zero attached hydrogens (tertiary/aromatic N) is 5. The fourth-order valence-corrected chi connectivity index (χ4v) is 5.85. The molecule has 37 heavy (non-hydrogen) atoms. The Hall–Kier alpha value is -4.13. The molecule has 1 aliphatic heterocycles. The van der Waals surface area contributed by atoms with E-state index in [4.69, 9.17) is 9.73 Å². The Morgan fingerprint density at radius 1 is 1.14 bits per heavy atom. The molecule has 0 saturated carbocycles. The van der Waals surface area contributed by atoms with Gasteiger partial charge in [0.2, 0.25) is 0 Å². The molecule has 1 N–H and O–H groups in total. The number of rotatable bonds is 7. The molecular weight excluding hydrogens is 486 g/mol. The minimum Gasteiger partial charge on any atom is -0.481 e. The maximum Gasteiger partial charge on any atom is 0.306 e. The average Bonchev–Trinajstić information content (AvgIpc) is 3.40. The van der Waals surface area contributed by atoms with E-state index >= 15 is 0 Å². The Kier molecular flexibility index (Phi) is 6.70. The summed E-state index contributed by atoms with van der Waals surface area (Å²) in [4.78, 5) is 17.9. The van der Waals surface area contributed by atoms with Crippen molar-refractivity contribution in [1.29, 1.82) is 5.26 Å². The van der Waals surface area contributed by atoms with Crippen LogP contribution in [0.5, 0.6) is 0 Å². The third-order valence-corrected chi connectivity index (χ3v) is 7.64. The first kappa shape index (κ1) is 24.6. The van der Waals surface area contributed by atoms with Crippen molar-refractivity contribution in [3.63, 3.8) is 0 Å². The Labute approximate surface area is 218 Å². The van der Waals surface area contributed by atoms with Crippen molar-refractivity contribution in [2.45, 2.75) is 39.8 Å². The molecule has 3 heterocycles. The van der Waals surface area contributed by atoms with Crippen LogP contribution in [0, 0.1) is 25.2 Å². The summed E-state index contributed by atoms with van der Waals surface area (Å²) >= 11 is 1.60. The topological polar surface area (TPSA) is 113 Å². The highest BCUT2D eigenvalue weighted by Gasteiger charge is 2.32. The fraction of sp³-hybridized carbons (Fsp3) is 0.250. The van der Waals surface area contributed by atoms with Gasteiger partial charge in [-0.25, -0.2) is 0 Å². The van der Waals surface area contributed by atoms with Gasteiger partial charge >= 0.3 is 5.97 Å². The SMILES string of the molecule is CCOCc1sc2c(c1C)C(c1ccc(-c3cccc(C#N)c3)cc1)=N[C@@H](CC(=O)O)c1nnc(C)n1-2. The number of aryl methyl sites for hydroxylation is 1. The lowest BCUT2D eigenvalue weighted by molar-refractivity contribution is -0.137. The van der Waals surface area contributed by atoms with Gasteiger partial charge < -0.3 is 9.84 Å². The number of carboxylic acids is 1. The van der Waals surface area contributed by atoms with Crippen LogP contribution in [0.15, 0.2) is 53.5 Å². The highest BCUT2D eigenvalue weighted by molar-refractivity contribution is 7.15. The largest absolute Gasteiger partial charge is 0.481 e. The molecule has 0 bridgehead atoms. The Morgan fingerprint density at radius 2 is 1.89 bits per heavy atom. The Balaban J connectivity index is 1.67. The van der Waals surface area contributed by atoms with E-state index < -0.39 is 12.0 Å². The van der Waals surface area contributed by atoms with E-state index in [1.165, 1.54) is 0 Å². The zero-order valence-corrected chi connectivity index (χ0v) is 21.5. The lowest BCUT2D eigenvalue weighted by Gasteiger charge is -2.12. The summed E-state index contributed by atoms with van der Waals surface area (Å²) in [5, 5.41) is 28.4. The standard InChI is InChI=1S/C28H25N5O3S/c1-4-36-15-23-16(2)25-26(20-10-8-19(9-11-20)21-7-5-6-18(12-21)14-29)30-22(13-24(34)35)27-32-31-17(3)33(27)28(25)37-23/h5-12,22H,4,13,15H2,1-3H3,(H,34,35)/t22-/m0/s1. The second kappa shape index (κ2) is 10.1. The molecule has 0 fully saturated rings. The van der Waals surface area contributed by atoms with E-state index in [0.29, 0.717) is 30.4 Å². The third-order valence-electron chi connectivity index (χ3n) is 6.39. The minimum absolute atomic E-state index is 0.194. The molecule has 1 aliphatic rings. The molecule has 0 aliphatic carbocycles. The number of carboxylic acid groups (broad SMARTS) is 1. The number of benzene rings is 2. The first-order valence-electron chi connectivity index (χ1n) is 11.9. The second-order valence-corrected chi connectivity index (χ2v) is 9.85. The minimum atomic E-state index is -0.952. The van der Waals surface area contributed by atoms with Crippen LogP contribution in [0.2, 0.25) is 0 Å². The number of thiophene rings is 1. The van der Waals surface area contributed by atoms with Gasteiger partial charge in [-0.05, 0) is 49.6 Å². The van der Waals surface area contributed by atoms with Gasteiger partial charge in [-0.1, -0.05) is 36.4 Å². The number of hydrogen-bond acceptors (Lipinski definition) is 7. The summed E-state index contributed by atoms with van der Waals surface area (Å²) in [6.07, 6.45) is -0.194. The van der Waals surface area contributed by atoms with Crippen molar-refractivity contribution in [1.82, 2.24) is 14.8 Å². The number of carbonyl (C=O) groups is 1. The second-order valence-electron chi connectivity index (χ2n) is 8.77. The predicted molar refractivity (Wildman–Crippen MR) is 141 cm³/mol. The maximum absolute atomic E-state index is 11.8. The van der Waals surface area contributed by atoms with Gasteiger partial charge in [-0.2, -0.15) is 5.26 Å². The van der Waals surface area contributed by atoms with E-state index in [0.717, 1.165) is 43.4 Å². The predicted octanol–water partition coefficient (Wildman–Crippen LogP) is 5.39. The molecule has 1 atom stereocenters. The highest BCUT2D eigenvalue weighted by atomic mass is 32.1. The van der Waals surface area contributed by atoms with E-state index in [-0.39, 0.29) is 6.42 Å². The summed E-state index contributed by atoms with van der Waals surface area (Å²) < 4.78 is 7.68. The smallest absolute Gasteiger partial charge is 0.306 e. The molecule has 0 spiro atoms. The number of aromatic nitrogens is 3. The Morgan fingerprint density at radius 3 is 2.59 bits per heavy atom. The van der Waals surface area contributed by atoms with Crippen molar-refractivity contribution >= 4 is 23.0 Å². The van der Waals surface area contributed by atoms with Crippen LogP contribution in [0.3, 0.4) is 0 Å². The van der Waals surface area contributed by atoms with Crippen LogP contribution in [0.4, 0.5) is 0 Å². The number of aliphatic imine (C=N–C) groups is 1. The van der Waals surface area contributed by atoms with E-state index in [2.05, 4.69) is 23.2 Å². The molecule has 0 radical (unpaired) electrons. The molecule has 5 rings (SSSR count). The van der Waals surface area contributed by atoms with Gasteiger partial charge in [0.1, 0.15) is 16.9 Å². The van der Waals surface area contributed by atoms with Crippen molar-refractivity contribution in [2.75, 3.05) is 6.61 Å². The highest BCUT2D eigenvalue weighted by Crippen LogP contribution is 2.40. The normalized spacial score (nSPS) is 14.3. The lowest BCUT2D eigenvalue weighted by atomic mass is 9.96. The molecule has 0 saturated heterocycles. The molecule has 2 aromatic heterocycles. The first-order valence-corrected chi connectivity index (χ1v) is 12.8. The summed E-state index contributed by atoms with van der Waals surface area (Å²) in [6.45, 7) is 6.97. The fourth-order valence-electron chi connectivity index (χ4n) is 4.55. The summed E-state index contributed by atoms with van der Waals surface area (Å²) in [5.41, 5.74) is 6.11. The van der Waals surface area contributed by atoms with Crippen molar-refractivity contribution < 1.29 is 14.6 Å². The quantitative estimate of drug-likeness (QED) is 0.356. The summed E-state index contributed by atoms with van der Waals surface area (Å²) in [5.74, 6) is 0.248. The van der Waals surface area contributed by atoms with Crippen molar-refractivity contribution in [3.8, 4) is 22.2 Å². The van der Waals surface area contributed by atoms with Gasteiger partial charge in [0.05, 0.1) is 30.4 Å². The molecule has 2 aromatic carbocycles. The van der Waals surface area contributed by atoms with Crippen LogP contribution >= 0.6 is 11.3 Å². The first-order chi connectivity index (χ1) is 17.9.